The first-order valence-electron chi connectivity index (χ1n) is 6.52. The lowest BCUT2D eigenvalue weighted by atomic mass is 10.2. The van der Waals surface area contributed by atoms with Crippen molar-refractivity contribution in [3.8, 4) is 17.1 Å². The average molecular weight is 281 g/mol. The summed E-state index contributed by atoms with van der Waals surface area (Å²) < 4.78 is 5.13. The van der Waals surface area contributed by atoms with Crippen molar-refractivity contribution in [2.75, 3.05) is 12.8 Å². The molecule has 0 radical (unpaired) electrons. The monoisotopic (exact) mass is 281 g/mol. The van der Waals surface area contributed by atoms with Gasteiger partial charge in [0.05, 0.1) is 13.7 Å². The number of hydrogen-bond donors (Lipinski definition) is 1. The minimum absolute atomic E-state index is 0.529. The lowest BCUT2D eigenvalue weighted by Crippen LogP contribution is -2.04. The smallest absolute Gasteiger partial charge is 0.207 e. The Bertz CT molecular complexity index is 736. The molecule has 0 spiro atoms. The number of tetrazole rings is 1. The molecule has 2 N–H and O–H groups in total. The van der Waals surface area contributed by atoms with Crippen LogP contribution in [0.5, 0.6) is 5.75 Å². The molecule has 2 aromatic carbocycles. The first-order chi connectivity index (χ1) is 10.3. The molecule has 21 heavy (non-hydrogen) atoms. The second kappa shape index (κ2) is 5.62. The number of nitrogens with zero attached hydrogens (tertiary/aromatic N) is 4. The van der Waals surface area contributed by atoms with Crippen LogP contribution in [0.3, 0.4) is 0 Å². The summed E-state index contributed by atoms with van der Waals surface area (Å²) >= 11 is 0. The van der Waals surface area contributed by atoms with Crippen molar-refractivity contribution in [1.82, 2.24) is 20.2 Å². The van der Waals surface area contributed by atoms with Crippen molar-refractivity contribution in [1.29, 1.82) is 0 Å². The van der Waals surface area contributed by atoms with Crippen LogP contribution >= 0.6 is 0 Å². The maximum absolute atomic E-state index is 5.92. The molecule has 1 aromatic heterocycles. The molecule has 1 heterocycles. The summed E-state index contributed by atoms with van der Waals surface area (Å²) in [6.45, 7) is 0.545. The number of anilines is 1. The summed E-state index contributed by atoms with van der Waals surface area (Å²) in [5.74, 6) is 1.35. The van der Waals surface area contributed by atoms with E-state index in [4.69, 9.17) is 10.5 Å². The number of nitrogen functional groups attached to an aromatic ring is 1. The van der Waals surface area contributed by atoms with Gasteiger partial charge >= 0.3 is 0 Å². The van der Waals surface area contributed by atoms with Gasteiger partial charge in [-0.1, -0.05) is 24.3 Å². The third kappa shape index (κ3) is 2.84. The molecular formula is C15H15N5O. The van der Waals surface area contributed by atoms with Gasteiger partial charge in [-0.25, -0.2) is 0 Å². The molecule has 3 rings (SSSR count). The average Bonchev–Trinajstić information content (AvgIpc) is 2.97. The minimum atomic E-state index is 0.529. The second-order valence-electron chi connectivity index (χ2n) is 4.58. The Morgan fingerprint density at radius 3 is 2.57 bits per heavy atom. The first kappa shape index (κ1) is 13.1. The standard InChI is InChI=1S/C15H15N5O/c1-21-12-8-6-11(7-9-12)10-20-18-15(17-19-20)13-4-2-3-5-14(13)16/h2-9H,10,16H2,1H3. The minimum Gasteiger partial charge on any atom is -0.497 e. The number of benzene rings is 2. The van der Waals surface area contributed by atoms with Crippen molar-refractivity contribution < 1.29 is 4.74 Å². The topological polar surface area (TPSA) is 78.8 Å². The van der Waals surface area contributed by atoms with Crippen LogP contribution in [0.2, 0.25) is 0 Å². The second-order valence-corrected chi connectivity index (χ2v) is 4.58. The van der Waals surface area contributed by atoms with E-state index in [0.717, 1.165) is 16.9 Å². The Morgan fingerprint density at radius 1 is 1.10 bits per heavy atom. The zero-order chi connectivity index (χ0) is 14.7. The quantitative estimate of drug-likeness (QED) is 0.740. The lowest BCUT2D eigenvalue weighted by molar-refractivity contribution is 0.414. The fourth-order valence-corrected chi connectivity index (χ4v) is 2.01. The van der Waals surface area contributed by atoms with Crippen molar-refractivity contribution >= 4 is 5.69 Å². The highest BCUT2D eigenvalue weighted by molar-refractivity contribution is 5.70. The fraction of sp³-hybridized carbons (Fsp3) is 0.133. The van der Waals surface area contributed by atoms with Crippen molar-refractivity contribution in [3.63, 3.8) is 0 Å². The van der Waals surface area contributed by atoms with Gasteiger partial charge < -0.3 is 10.5 Å². The zero-order valence-corrected chi connectivity index (χ0v) is 11.6. The van der Waals surface area contributed by atoms with E-state index in [2.05, 4.69) is 15.4 Å². The number of nitrogens with two attached hydrogens (primary N) is 1. The molecule has 0 aliphatic carbocycles. The number of aromatic nitrogens is 4. The van der Waals surface area contributed by atoms with Crippen LogP contribution in [0.1, 0.15) is 5.56 Å². The van der Waals surface area contributed by atoms with E-state index in [-0.39, 0.29) is 0 Å². The van der Waals surface area contributed by atoms with Crippen LogP contribution in [0, 0.1) is 0 Å². The molecule has 6 nitrogen and oxygen atoms in total. The third-order valence-electron chi connectivity index (χ3n) is 3.14. The van der Waals surface area contributed by atoms with Gasteiger partial charge in [0.1, 0.15) is 5.75 Å². The Labute approximate surface area is 122 Å². The van der Waals surface area contributed by atoms with E-state index in [1.807, 2.05) is 48.5 Å². The van der Waals surface area contributed by atoms with Gasteiger partial charge in [0.15, 0.2) is 0 Å². The third-order valence-corrected chi connectivity index (χ3v) is 3.14. The molecule has 0 amide bonds. The molecule has 106 valence electrons. The predicted octanol–water partition coefficient (Wildman–Crippen LogP) is 1.98. The molecule has 0 atom stereocenters. The van der Waals surface area contributed by atoms with Gasteiger partial charge in [-0.3, -0.25) is 0 Å². The predicted molar refractivity (Wildman–Crippen MR) is 79.8 cm³/mol. The molecular weight excluding hydrogens is 266 g/mol. The molecule has 0 saturated carbocycles. The molecule has 0 fully saturated rings. The summed E-state index contributed by atoms with van der Waals surface area (Å²) in [7, 11) is 1.64. The van der Waals surface area contributed by atoms with Gasteiger partial charge in [0.2, 0.25) is 5.82 Å². The van der Waals surface area contributed by atoms with Gasteiger partial charge in [-0.2, -0.15) is 4.80 Å². The van der Waals surface area contributed by atoms with Crippen molar-refractivity contribution in [2.45, 2.75) is 6.54 Å². The largest absolute Gasteiger partial charge is 0.497 e. The molecule has 3 aromatic rings. The summed E-state index contributed by atoms with van der Waals surface area (Å²) in [6, 6.07) is 15.2. The number of ether oxygens (including phenoxy) is 1. The highest BCUT2D eigenvalue weighted by Crippen LogP contribution is 2.21. The summed E-state index contributed by atoms with van der Waals surface area (Å²) in [5.41, 5.74) is 8.42. The molecule has 0 saturated heterocycles. The highest BCUT2D eigenvalue weighted by Gasteiger charge is 2.08. The number of rotatable bonds is 4. The SMILES string of the molecule is COc1ccc(Cn2nnc(-c3ccccc3N)n2)cc1. The van der Waals surface area contributed by atoms with Gasteiger partial charge in [-0.05, 0) is 35.0 Å². The molecule has 0 aliphatic rings. The van der Waals surface area contributed by atoms with Crippen LogP contribution in [0.4, 0.5) is 5.69 Å². The Kier molecular flexibility index (Phi) is 3.51. The van der Waals surface area contributed by atoms with Crippen LogP contribution in [0.15, 0.2) is 48.5 Å². The Hall–Kier alpha value is -2.89. The van der Waals surface area contributed by atoms with Crippen molar-refractivity contribution in [3.05, 3.63) is 54.1 Å². The van der Waals surface area contributed by atoms with E-state index in [0.29, 0.717) is 18.1 Å². The van der Waals surface area contributed by atoms with Crippen LogP contribution < -0.4 is 10.5 Å². The highest BCUT2D eigenvalue weighted by atomic mass is 16.5. The number of para-hydroxylation sites is 1. The zero-order valence-electron chi connectivity index (χ0n) is 11.6. The number of hydrogen-bond acceptors (Lipinski definition) is 5. The lowest BCUT2D eigenvalue weighted by Gasteiger charge is -2.02. The normalized spacial score (nSPS) is 10.5. The van der Waals surface area contributed by atoms with Crippen LogP contribution in [-0.4, -0.2) is 27.3 Å². The maximum Gasteiger partial charge on any atom is 0.207 e. The molecule has 0 bridgehead atoms. The summed E-state index contributed by atoms with van der Waals surface area (Å²) in [4.78, 5) is 1.55. The van der Waals surface area contributed by atoms with Gasteiger partial charge in [-0.15, -0.1) is 10.2 Å². The van der Waals surface area contributed by atoms with Crippen LogP contribution in [-0.2, 0) is 6.54 Å². The summed E-state index contributed by atoms with van der Waals surface area (Å²) in [6.07, 6.45) is 0. The number of methoxy groups -OCH3 is 1. The van der Waals surface area contributed by atoms with E-state index in [1.54, 1.807) is 11.9 Å². The Morgan fingerprint density at radius 2 is 1.86 bits per heavy atom. The fourth-order valence-electron chi connectivity index (χ4n) is 2.01. The van der Waals surface area contributed by atoms with E-state index in [9.17, 15) is 0 Å². The molecule has 0 aliphatic heterocycles. The van der Waals surface area contributed by atoms with E-state index < -0.39 is 0 Å². The van der Waals surface area contributed by atoms with E-state index in [1.165, 1.54) is 0 Å². The van der Waals surface area contributed by atoms with Gasteiger partial charge in [0, 0.05) is 11.3 Å². The van der Waals surface area contributed by atoms with Crippen molar-refractivity contribution in [2.24, 2.45) is 0 Å². The first-order valence-corrected chi connectivity index (χ1v) is 6.52. The Balaban J connectivity index is 1.80. The van der Waals surface area contributed by atoms with Crippen LogP contribution in [0.25, 0.3) is 11.4 Å². The molecule has 0 unspecified atom stereocenters. The molecule has 6 heteroatoms. The van der Waals surface area contributed by atoms with Gasteiger partial charge in [0.25, 0.3) is 0 Å². The summed E-state index contributed by atoms with van der Waals surface area (Å²) in [5, 5.41) is 12.5. The maximum atomic E-state index is 5.92. The van der Waals surface area contributed by atoms with E-state index >= 15 is 0 Å².